The van der Waals surface area contributed by atoms with Gasteiger partial charge in [0.25, 0.3) is 0 Å². The summed E-state index contributed by atoms with van der Waals surface area (Å²) in [6.45, 7) is 3.84. The lowest BCUT2D eigenvalue weighted by Crippen LogP contribution is -2.01. The Kier molecular flexibility index (Phi) is 3.23. The molecule has 0 aliphatic heterocycles. The van der Waals surface area contributed by atoms with E-state index in [-0.39, 0.29) is 6.42 Å². The van der Waals surface area contributed by atoms with Crippen LogP contribution in [0.1, 0.15) is 23.4 Å². The summed E-state index contributed by atoms with van der Waals surface area (Å²) < 4.78 is 1.77. The molecule has 0 bridgehead atoms. The molecule has 90 valence electrons. The molecular formula is C11H13N3O2S. The molecule has 2 aromatic rings. The Labute approximate surface area is 103 Å². The molecule has 0 radical (unpaired) electrons. The Morgan fingerprint density at radius 3 is 2.88 bits per heavy atom. The van der Waals surface area contributed by atoms with Crippen LogP contribution in [0.3, 0.4) is 0 Å². The van der Waals surface area contributed by atoms with Crippen LogP contribution < -0.4 is 0 Å². The summed E-state index contributed by atoms with van der Waals surface area (Å²) in [5.74, 6) is -0.786. The first-order chi connectivity index (χ1) is 8.09. The van der Waals surface area contributed by atoms with Crippen molar-refractivity contribution >= 4 is 17.3 Å². The maximum absolute atomic E-state index is 10.6. The second kappa shape index (κ2) is 4.67. The Bertz CT molecular complexity index is 531. The van der Waals surface area contributed by atoms with Gasteiger partial charge < -0.3 is 5.11 Å². The maximum atomic E-state index is 10.6. The van der Waals surface area contributed by atoms with Gasteiger partial charge in [-0.1, -0.05) is 0 Å². The van der Waals surface area contributed by atoms with Crippen molar-refractivity contribution in [2.45, 2.75) is 26.7 Å². The van der Waals surface area contributed by atoms with Crippen molar-refractivity contribution in [2.75, 3.05) is 0 Å². The Morgan fingerprint density at radius 1 is 1.53 bits per heavy atom. The average Bonchev–Trinajstić information content (AvgIpc) is 2.85. The van der Waals surface area contributed by atoms with Crippen LogP contribution in [0, 0.1) is 13.8 Å². The molecule has 2 rings (SSSR count). The van der Waals surface area contributed by atoms with Crippen LogP contribution in [0.5, 0.6) is 0 Å². The standard InChI is InChI=1S/C11H13N3O2S/c1-7-9(3-4-10(15)16)8(2)14(13-7)11-12-5-6-17-11/h5-6H,3-4H2,1-2H3,(H,15,16). The van der Waals surface area contributed by atoms with E-state index in [9.17, 15) is 4.79 Å². The van der Waals surface area contributed by atoms with Gasteiger partial charge in [-0.05, 0) is 25.8 Å². The summed E-state index contributed by atoms with van der Waals surface area (Å²) >= 11 is 1.51. The lowest BCUT2D eigenvalue weighted by Gasteiger charge is -2.00. The van der Waals surface area contributed by atoms with Crippen molar-refractivity contribution in [3.63, 3.8) is 0 Å². The molecule has 0 saturated heterocycles. The zero-order valence-corrected chi connectivity index (χ0v) is 10.5. The SMILES string of the molecule is Cc1nn(-c2nccs2)c(C)c1CCC(=O)O. The Morgan fingerprint density at radius 2 is 2.29 bits per heavy atom. The van der Waals surface area contributed by atoms with Crippen LogP contribution in [0.25, 0.3) is 5.13 Å². The van der Waals surface area contributed by atoms with Crippen LogP contribution in [0.15, 0.2) is 11.6 Å². The lowest BCUT2D eigenvalue weighted by molar-refractivity contribution is -0.136. The zero-order chi connectivity index (χ0) is 12.4. The van der Waals surface area contributed by atoms with Gasteiger partial charge in [-0.15, -0.1) is 11.3 Å². The van der Waals surface area contributed by atoms with E-state index in [4.69, 9.17) is 5.11 Å². The topological polar surface area (TPSA) is 68.0 Å². The van der Waals surface area contributed by atoms with Gasteiger partial charge >= 0.3 is 5.97 Å². The van der Waals surface area contributed by atoms with Gasteiger partial charge in [0.05, 0.1) is 5.69 Å². The fourth-order valence-electron chi connectivity index (χ4n) is 1.78. The van der Waals surface area contributed by atoms with Gasteiger partial charge in [-0.25, -0.2) is 9.67 Å². The van der Waals surface area contributed by atoms with Crippen molar-refractivity contribution < 1.29 is 9.90 Å². The van der Waals surface area contributed by atoms with Crippen molar-refractivity contribution in [3.8, 4) is 5.13 Å². The summed E-state index contributed by atoms with van der Waals surface area (Å²) in [5, 5.41) is 15.8. The highest BCUT2D eigenvalue weighted by Crippen LogP contribution is 2.20. The fourth-order valence-corrected chi connectivity index (χ4v) is 2.42. The number of carboxylic acid groups (broad SMARTS) is 1. The maximum Gasteiger partial charge on any atom is 0.303 e. The number of aliphatic carboxylic acids is 1. The van der Waals surface area contributed by atoms with Gasteiger partial charge in [0, 0.05) is 23.7 Å². The van der Waals surface area contributed by atoms with Gasteiger partial charge in [-0.3, -0.25) is 4.79 Å². The summed E-state index contributed by atoms with van der Waals surface area (Å²) in [6.07, 6.45) is 2.37. The van der Waals surface area contributed by atoms with Gasteiger partial charge in [0.15, 0.2) is 0 Å². The van der Waals surface area contributed by atoms with E-state index in [1.807, 2.05) is 19.2 Å². The van der Waals surface area contributed by atoms with Crippen molar-refractivity contribution in [1.82, 2.24) is 14.8 Å². The zero-order valence-electron chi connectivity index (χ0n) is 9.67. The van der Waals surface area contributed by atoms with Crippen molar-refractivity contribution in [2.24, 2.45) is 0 Å². The highest BCUT2D eigenvalue weighted by Gasteiger charge is 2.14. The number of hydrogen-bond donors (Lipinski definition) is 1. The smallest absolute Gasteiger partial charge is 0.303 e. The minimum Gasteiger partial charge on any atom is -0.481 e. The number of carboxylic acids is 1. The minimum absolute atomic E-state index is 0.130. The summed E-state index contributed by atoms with van der Waals surface area (Å²) in [6, 6.07) is 0. The molecule has 0 fully saturated rings. The van der Waals surface area contributed by atoms with Crippen molar-refractivity contribution in [1.29, 1.82) is 0 Å². The first-order valence-corrected chi connectivity index (χ1v) is 6.14. The number of carbonyl (C=O) groups is 1. The third-order valence-corrected chi connectivity index (χ3v) is 3.38. The summed E-state index contributed by atoms with van der Waals surface area (Å²) in [7, 11) is 0. The van der Waals surface area contributed by atoms with E-state index in [2.05, 4.69) is 10.1 Å². The highest BCUT2D eigenvalue weighted by molar-refractivity contribution is 7.12. The second-order valence-corrected chi connectivity index (χ2v) is 4.64. The monoisotopic (exact) mass is 251 g/mol. The number of nitrogens with zero attached hydrogens (tertiary/aromatic N) is 3. The second-order valence-electron chi connectivity index (χ2n) is 3.77. The molecular weight excluding hydrogens is 238 g/mol. The Balaban J connectivity index is 2.32. The van der Waals surface area contributed by atoms with E-state index in [1.54, 1.807) is 10.9 Å². The molecule has 0 aliphatic carbocycles. The van der Waals surface area contributed by atoms with Gasteiger partial charge in [0.1, 0.15) is 0 Å². The molecule has 17 heavy (non-hydrogen) atoms. The third kappa shape index (κ3) is 2.36. The molecule has 0 aromatic carbocycles. The normalized spacial score (nSPS) is 10.7. The summed E-state index contributed by atoms with van der Waals surface area (Å²) in [5.41, 5.74) is 2.85. The molecule has 1 N–H and O–H groups in total. The van der Waals surface area contributed by atoms with E-state index in [0.29, 0.717) is 6.42 Å². The van der Waals surface area contributed by atoms with Crippen LogP contribution in [-0.4, -0.2) is 25.8 Å². The number of aromatic nitrogens is 3. The number of thiazole rings is 1. The molecule has 2 aromatic heterocycles. The number of rotatable bonds is 4. The van der Waals surface area contributed by atoms with Gasteiger partial charge in [0.2, 0.25) is 5.13 Å². The molecule has 2 heterocycles. The predicted molar refractivity (Wildman–Crippen MR) is 64.7 cm³/mol. The molecule has 0 unspecified atom stereocenters. The molecule has 0 saturated carbocycles. The van der Waals surface area contributed by atoms with Crippen LogP contribution in [0.4, 0.5) is 0 Å². The van der Waals surface area contributed by atoms with E-state index in [1.165, 1.54) is 11.3 Å². The van der Waals surface area contributed by atoms with Crippen molar-refractivity contribution in [3.05, 3.63) is 28.5 Å². The molecule has 0 spiro atoms. The average molecular weight is 251 g/mol. The van der Waals surface area contributed by atoms with E-state index < -0.39 is 5.97 Å². The molecule has 0 amide bonds. The lowest BCUT2D eigenvalue weighted by atomic mass is 10.1. The van der Waals surface area contributed by atoms with Crippen LogP contribution in [-0.2, 0) is 11.2 Å². The first-order valence-electron chi connectivity index (χ1n) is 5.26. The van der Waals surface area contributed by atoms with E-state index in [0.717, 1.165) is 22.1 Å². The number of aryl methyl sites for hydroxylation is 1. The molecule has 5 nitrogen and oxygen atoms in total. The Hall–Kier alpha value is -1.69. The third-order valence-electron chi connectivity index (χ3n) is 2.63. The highest BCUT2D eigenvalue weighted by atomic mass is 32.1. The molecule has 6 heteroatoms. The predicted octanol–water partition coefficient (Wildman–Crippen LogP) is 1.96. The van der Waals surface area contributed by atoms with Crippen LogP contribution in [0.2, 0.25) is 0 Å². The van der Waals surface area contributed by atoms with Crippen LogP contribution >= 0.6 is 11.3 Å². The number of hydrogen-bond acceptors (Lipinski definition) is 4. The molecule has 0 atom stereocenters. The quantitative estimate of drug-likeness (QED) is 0.902. The summed E-state index contributed by atoms with van der Waals surface area (Å²) in [4.78, 5) is 14.8. The minimum atomic E-state index is -0.786. The van der Waals surface area contributed by atoms with E-state index >= 15 is 0 Å². The fraction of sp³-hybridized carbons (Fsp3) is 0.364. The largest absolute Gasteiger partial charge is 0.481 e. The molecule has 0 aliphatic rings. The van der Waals surface area contributed by atoms with Gasteiger partial charge in [-0.2, -0.15) is 5.10 Å². The first kappa shape index (κ1) is 11.8.